The van der Waals surface area contributed by atoms with E-state index in [1.165, 1.54) is 0 Å². The van der Waals surface area contributed by atoms with Crippen LogP contribution in [0.3, 0.4) is 0 Å². The van der Waals surface area contributed by atoms with Crippen molar-refractivity contribution in [1.29, 1.82) is 0 Å². The highest BCUT2D eigenvalue weighted by Crippen LogP contribution is 2.22. The fraction of sp³-hybridized carbons (Fsp3) is 0.333. The topological polar surface area (TPSA) is 50.9 Å². The molecule has 0 aliphatic rings. The molecule has 4 heteroatoms. The van der Waals surface area contributed by atoms with E-state index in [-0.39, 0.29) is 0 Å². The summed E-state index contributed by atoms with van der Waals surface area (Å²) in [6.45, 7) is 4.78. The molecule has 0 bridgehead atoms. The molecule has 2 aromatic heterocycles. The van der Waals surface area contributed by atoms with Crippen molar-refractivity contribution in [2.45, 2.75) is 26.5 Å². The summed E-state index contributed by atoms with van der Waals surface area (Å²) < 4.78 is 1.93. The number of aromatic nitrogens is 3. The van der Waals surface area contributed by atoms with E-state index in [1.807, 2.05) is 30.7 Å². The van der Waals surface area contributed by atoms with Gasteiger partial charge in [0.25, 0.3) is 0 Å². The van der Waals surface area contributed by atoms with E-state index in [0.29, 0.717) is 5.82 Å². The summed E-state index contributed by atoms with van der Waals surface area (Å²) in [5.41, 5.74) is 1.83. The van der Waals surface area contributed by atoms with E-state index in [2.05, 4.69) is 9.97 Å². The first-order valence-electron chi connectivity index (χ1n) is 5.33. The van der Waals surface area contributed by atoms with Gasteiger partial charge in [0.1, 0.15) is 11.9 Å². The molecule has 0 aromatic carbocycles. The maximum absolute atomic E-state index is 10.3. The van der Waals surface area contributed by atoms with Crippen LogP contribution in [0.5, 0.6) is 0 Å². The van der Waals surface area contributed by atoms with Crippen LogP contribution >= 0.6 is 0 Å². The smallest absolute Gasteiger partial charge is 0.142 e. The molecule has 0 saturated heterocycles. The lowest BCUT2D eigenvalue weighted by Gasteiger charge is -2.13. The number of aliphatic hydroxyl groups excluding tert-OH is 1. The van der Waals surface area contributed by atoms with Crippen molar-refractivity contribution in [2.75, 3.05) is 0 Å². The summed E-state index contributed by atoms with van der Waals surface area (Å²) in [5.74, 6) is 0.665. The second kappa shape index (κ2) is 4.45. The van der Waals surface area contributed by atoms with Crippen molar-refractivity contribution in [2.24, 2.45) is 0 Å². The van der Waals surface area contributed by atoms with E-state index < -0.39 is 6.10 Å². The molecule has 4 nitrogen and oxygen atoms in total. The Hall–Kier alpha value is -1.68. The van der Waals surface area contributed by atoms with Gasteiger partial charge >= 0.3 is 0 Å². The maximum Gasteiger partial charge on any atom is 0.142 e. The number of aryl methyl sites for hydroxylation is 2. The second-order valence-electron chi connectivity index (χ2n) is 3.71. The number of hydrogen-bond donors (Lipinski definition) is 1. The largest absolute Gasteiger partial charge is 0.380 e. The monoisotopic (exact) mass is 217 g/mol. The first-order chi connectivity index (χ1) is 7.74. The van der Waals surface area contributed by atoms with Crippen LogP contribution in [0, 0.1) is 6.92 Å². The molecule has 0 aliphatic carbocycles. The van der Waals surface area contributed by atoms with Crippen LogP contribution in [0.2, 0.25) is 0 Å². The zero-order valence-corrected chi connectivity index (χ0v) is 9.46. The fourth-order valence-corrected chi connectivity index (χ4v) is 1.74. The minimum absolute atomic E-state index is 0.665. The number of rotatable bonds is 3. The summed E-state index contributed by atoms with van der Waals surface area (Å²) in [5, 5.41) is 10.3. The molecule has 0 radical (unpaired) electrons. The normalized spacial score (nSPS) is 12.7. The number of nitrogens with zero attached hydrogens (tertiary/aromatic N) is 3. The third kappa shape index (κ3) is 1.84. The van der Waals surface area contributed by atoms with Crippen molar-refractivity contribution in [3.8, 4) is 0 Å². The molecule has 1 atom stereocenters. The highest BCUT2D eigenvalue weighted by Gasteiger charge is 2.17. The third-order valence-corrected chi connectivity index (χ3v) is 2.71. The van der Waals surface area contributed by atoms with Crippen molar-refractivity contribution in [3.63, 3.8) is 0 Å². The van der Waals surface area contributed by atoms with Crippen LogP contribution in [0.15, 0.2) is 30.9 Å². The first-order valence-corrected chi connectivity index (χ1v) is 5.33. The SMILES string of the molecule is CCn1ccnc1C(O)c1cnccc1C. The number of imidazole rings is 1. The van der Waals surface area contributed by atoms with Crippen molar-refractivity contribution >= 4 is 0 Å². The lowest BCUT2D eigenvalue weighted by atomic mass is 10.1. The van der Waals surface area contributed by atoms with Crippen LogP contribution < -0.4 is 0 Å². The maximum atomic E-state index is 10.3. The molecule has 0 spiro atoms. The van der Waals surface area contributed by atoms with Crippen LogP contribution in [0.4, 0.5) is 0 Å². The molecular weight excluding hydrogens is 202 g/mol. The Morgan fingerprint density at radius 1 is 1.44 bits per heavy atom. The molecule has 0 fully saturated rings. The number of aliphatic hydroxyl groups is 1. The third-order valence-electron chi connectivity index (χ3n) is 2.71. The summed E-state index contributed by atoms with van der Waals surface area (Å²) in [4.78, 5) is 8.22. The van der Waals surface area contributed by atoms with Gasteiger partial charge in [0.2, 0.25) is 0 Å². The van der Waals surface area contributed by atoms with Crippen molar-refractivity contribution in [1.82, 2.24) is 14.5 Å². The number of hydrogen-bond acceptors (Lipinski definition) is 3. The lowest BCUT2D eigenvalue weighted by Crippen LogP contribution is -2.10. The van der Waals surface area contributed by atoms with Gasteiger partial charge in [-0.2, -0.15) is 0 Å². The van der Waals surface area contributed by atoms with E-state index in [0.717, 1.165) is 17.7 Å². The van der Waals surface area contributed by atoms with E-state index in [9.17, 15) is 5.11 Å². The van der Waals surface area contributed by atoms with Gasteiger partial charge in [-0.05, 0) is 25.5 Å². The van der Waals surface area contributed by atoms with Crippen LogP contribution in [0.1, 0.15) is 30.0 Å². The van der Waals surface area contributed by atoms with Gasteiger partial charge in [-0.3, -0.25) is 4.98 Å². The highest BCUT2D eigenvalue weighted by atomic mass is 16.3. The Morgan fingerprint density at radius 3 is 2.94 bits per heavy atom. The predicted molar refractivity (Wildman–Crippen MR) is 60.9 cm³/mol. The quantitative estimate of drug-likeness (QED) is 0.851. The highest BCUT2D eigenvalue weighted by molar-refractivity contribution is 5.28. The molecule has 0 aliphatic heterocycles. The predicted octanol–water partition coefficient (Wildman–Crippen LogP) is 1.69. The average Bonchev–Trinajstić information content (AvgIpc) is 2.77. The van der Waals surface area contributed by atoms with Crippen LogP contribution in [0.25, 0.3) is 0 Å². The molecule has 0 amide bonds. The van der Waals surface area contributed by atoms with Gasteiger partial charge in [0, 0.05) is 36.9 Å². The van der Waals surface area contributed by atoms with Gasteiger partial charge in [0.15, 0.2) is 0 Å². The molecule has 16 heavy (non-hydrogen) atoms. The molecular formula is C12H15N3O. The van der Waals surface area contributed by atoms with Crippen molar-refractivity contribution in [3.05, 3.63) is 47.8 Å². The minimum atomic E-state index is -0.705. The van der Waals surface area contributed by atoms with Gasteiger partial charge < -0.3 is 9.67 Å². The standard InChI is InChI=1S/C12H15N3O/c1-3-15-7-6-14-12(15)11(16)10-8-13-5-4-9(10)2/h4-8,11,16H,3H2,1-2H3. The Morgan fingerprint density at radius 2 is 2.25 bits per heavy atom. The Balaban J connectivity index is 2.39. The van der Waals surface area contributed by atoms with Gasteiger partial charge in [-0.25, -0.2) is 4.98 Å². The van der Waals surface area contributed by atoms with Crippen molar-refractivity contribution < 1.29 is 5.11 Å². The molecule has 84 valence electrons. The summed E-state index contributed by atoms with van der Waals surface area (Å²) in [6.07, 6.45) is 6.27. The fourth-order valence-electron chi connectivity index (χ4n) is 1.74. The Labute approximate surface area is 94.6 Å². The second-order valence-corrected chi connectivity index (χ2v) is 3.71. The zero-order chi connectivity index (χ0) is 11.5. The number of pyridine rings is 1. The van der Waals surface area contributed by atoms with Gasteiger partial charge in [-0.1, -0.05) is 0 Å². The Bertz CT molecular complexity index is 479. The van der Waals surface area contributed by atoms with E-state index >= 15 is 0 Å². The zero-order valence-electron chi connectivity index (χ0n) is 9.46. The van der Waals surface area contributed by atoms with Gasteiger partial charge in [0.05, 0.1) is 0 Å². The summed E-state index contributed by atoms with van der Waals surface area (Å²) >= 11 is 0. The van der Waals surface area contributed by atoms with Gasteiger partial charge in [-0.15, -0.1) is 0 Å². The first kappa shape index (κ1) is 10.8. The summed E-state index contributed by atoms with van der Waals surface area (Å²) in [6, 6.07) is 1.89. The summed E-state index contributed by atoms with van der Waals surface area (Å²) in [7, 11) is 0. The van der Waals surface area contributed by atoms with Crippen LogP contribution in [-0.2, 0) is 6.54 Å². The molecule has 2 heterocycles. The lowest BCUT2D eigenvalue weighted by molar-refractivity contribution is 0.203. The van der Waals surface area contributed by atoms with Crippen LogP contribution in [-0.4, -0.2) is 19.6 Å². The molecule has 1 unspecified atom stereocenters. The van der Waals surface area contributed by atoms with E-state index in [4.69, 9.17) is 0 Å². The Kier molecular flexibility index (Phi) is 3.01. The minimum Gasteiger partial charge on any atom is -0.380 e. The molecule has 2 aromatic rings. The van der Waals surface area contributed by atoms with E-state index in [1.54, 1.807) is 18.6 Å². The molecule has 2 rings (SSSR count). The average molecular weight is 217 g/mol. The molecule has 1 N–H and O–H groups in total. The molecule has 0 saturated carbocycles.